The van der Waals surface area contributed by atoms with Crippen molar-refractivity contribution in [3.05, 3.63) is 87.8 Å². The molecule has 1 saturated heterocycles. The number of hydrogen-bond donors (Lipinski definition) is 3. The van der Waals surface area contributed by atoms with E-state index < -0.39 is 45.8 Å². The van der Waals surface area contributed by atoms with Gasteiger partial charge in [0.15, 0.2) is 0 Å². The molecular weight excluding hydrogens is 623 g/mol. The lowest BCUT2D eigenvalue weighted by molar-refractivity contribution is 0.0600. The monoisotopic (exact) mass is 662 g/mol. The average molecular weight is 663 g/mol. The van der Waals surface area contributed by atoms with Gasteiger partial charge >= 0.3 is 0 Å². The highest BCUT2D eigenvalue weighted by Gasteiger charge is 2.37. The molecule has 0 bridgehead atoms. The van der Waals surface area contributed by atoms with Crippen LogP contribution in [0.5, 0.6) is 0 Å². The number of carbonyl (C=O) groups excluding carboxylic acids is 2. The maximum absolute atomic E-state index is 14.1. The number of aliphatic hydroxyl groups is 1. The lowest BCUT2D eigenvalue weighted by Gasteiger charge is -2.38. The van der Waals surface area contributed by atoms with Crippen LogP contribution in [-0.2, 0) is 16.4 Å². The van der Waals surface area contributed by atoms with Crippen LogP contribution in [0, 0.1) is 18.6 Å². The van der Waals surface area contributed by atoms with Crippen LogP contribution in [0.2, 0.25) is 0 Å². The fourth-order valence-electron chi connectivity index (χ4n) is 5.58. The Balaban J connectivity index is 1.61. The number of halogens is 2. The number of nitrogens with zero attached hydrogens (tertiary/aromatic N) is 2. The van der Waals surface area contributed by atoms with Gasteiger partial charge in [0.25, 0.3) is 21.8 Å². The van der Waals surface area contributed by atoms with Crippen molar-refractivity contribution in [3.8, 4) is 0 Å². The summed E-state index contributed by atoms with van der Waals surface area (Å²) in [5, 5.41) is 19.2. The molecule has 4 rings (SSSR count). The van der Waals surface area contributed by atoms with Crippen molar-refractivity contribution in [1.29, 1.82) is 0 Å². The van der Waals surface area contributed by atoms with Crippen LogP contribution in [-0.4, -0.2) is 85.5 Å². The molecule has 2 aromatic carbocycles. The number of thiophene rings is 1. The molecule has 13 heteroatoms. The van der Waals surface area contributed by atoms with Crippen molar-refractivity contribution in [2.75, 3.05) is 32.7 Å². The van der Waals surface area contributed by atoms with Gasteiger partial charge in [0, 0.05) is 56.0 Å². The quantitative estimate of drug-likeness (QED) is 0.255. The van der Waals surface area contributed by atoms with Crippen molar-refractivity contribution < 1.29 is 31.9 Å². The Morgan fingerprint density at radius 2 is 1.76 bits per heavy atom. The van der Waals surface area contributed by atoms with Gasteiger partial charge < -0.3 is 20.6 Å². The Hall–Kier alpha value is -3.23. The van der Waals surface area contributed by atoms with Crippen LogP contribution in [0.25, 0.3) is 0 Å². The minimum Gasteiger partial charge on any atom is -0.389 e. The van der Waals surface area contributed by atoms with E-state index in [0.717, 1.165) is 42.4 Å². The predicted molar refractivity (Wildman–Crippen MR) is 170 cm³/mol. The van der Waals surface area contributed by atoms with Gasteiger partial charge in [-0.05, 0) is 79.1 Å². The van der Waals surface area contributed by atoms with E-state index in [-0.39, 0.29) is 47.3 Å². The fourth-order valence-corrected chi connectivity index (χ4v) is 8.19. The molecule has 3 atom stereocenters. The molecular formula is C32H40F2N4O5S2. The van der Waals surface area contributed by atoms with Crippen molar-refractivity contribution in [2.24, 2.45) is 0 Å². The van der Waals surface area contributed by atoms with Gasteiger partial charge in [-0.3, -0.25) is 9.59 Å². The van der Waals surface area contributed by atoms with E-state index in [0.29, 0.717) is 24.2 Å². The maximum atomic E-state index is 14.1. The number of carbonyl (C=O) groups is 2. The minimum atomic E-state index is -3.80. The van der Waals surface area contributed by atoms with Crippen LogP contribution in [0.1, 0.15) is 58.5 Å². The summed E-state index contributed by atoms with van der Waals surface area (Å²) in [4.78, 5) is 28.7. The molecule has 9 nitrogen and oxygen atoms in total. The third-order valence-corrected chi connectivity index (χ3v) is 10.9. The summed E-state index contributed by atoms with van der Waals surface area (Å²) in [6.45, 7) is 7.24. The second-order valence-electron chi connectivity index (χ2n) is 11.3. The van der Waals surface area contributed by atoms with Gasteiger partial charge in [-0.15, -0.1) is 11.3 Å². The first-order chi connectivity index (χ1) is 21.4. The molecule has 3 aromatic rings. The van der Waals surface area contributed by atoms with Crippen LogP contribution >= 0.6 is 11.3 Å². The standard InChI is InChI=1S/C32H40F2N4O5S2/c1-4-9-37(10-5-2)32(41)24-14-21(3)13-23(18-24)31(40)36-27(17-22-15-25(33)19-26(34)16-22)30(39)28-20-38(11-8-35-28)45(42,43)29-7-6-12-44-29/h6-7,12-16,18-19,27-28,30,35,39H,4-5,8-11,17,20H2,1-3H3,(H,36,40)/t27-,28+,30?/m0/s1. The smallest absolute Gasteiger partial charge is 0.253 e. The molecule has 2 amide bonds. The summed E-state index contributed by atoms with van der Waals surface area (Å²) in [5.74, 6) is -2.40. The van der Waals surface area contributed by atoms with E-state index in [1.807, 2.05) is 13.8 Å². The van der Waals surface area contributed by atoms with Crippen LogP contribution < -0.4 is 10.6 Å². The number of aliphatic hydroxyl groups excluding tert-OH is 1. The van der Waals surface area contributed by atoms with Gasteiger partial charge in [-0.2, -0.15) is 4.31 Å². The largest absolute Gasteiger partial charge is 0.389 e. The number of sulfonamides is 1. The number of benzene rings is 2. The lowest BCUT2D eigenvalue weighted by atomic mass is 9.94. The first-order valence-electron chi connectivity index (χ1n) is 15.0. The summed E-state index contributed by atoms with van der Waals surface area (Å²) < 4.78 is 56.1. The number of aryl methyl sites for hydroxylation is 1. The highest BCUT2D eigenvalue weighted by Crippen LogP contribution is 2.24. The molecule has 1 aliphatic heterocycles. The Labute approximate surface area is 267 Å². The van der Waals surface area contributed by atoms with Crippen LogP contribution in [0.3, 0.4) is 0 Å². The molecule has 1 fully saturated rings. The Morgan fingerprint density at radius 1 is 1.09 bits per heavy atom. The SMILES string of the molecule is CCCN(CCC)C(=O)c1cc(C)cc(C(=O)N[C@@H](Cc2cc(F)cc(F)c2)C(O)[C@H]2CN(S(=O)(=O)c3cccs3)CCN2)c1. The number of nitrogens with one attached hydrogen (secondary N) is 2. The molecule has 0 radical (unpaired) electrons. The van der Waals surface area contributed by atoms with E-state index in [9.17, 15) is 31.9 Å². The second kappa shape index (κ2) is 15.4. The molecule has 1 aliphatic rings. The topological polar surface area (TPSA) is 119 Å². The zero-order chi connectivity index (χ0) is 32.7. The average Bonchev–Trinajstić information content (AvgIpc) is 3.55. The van der Waals surface area contributed by atoms with Gasteiger partial charge in [-0.25, -0.2) is 17.2 Å². The van der Waals surface area contributed by atoms with Crippen molar-refractivity contribution in [3.63, 3.8) is 0 Å². The van der Waals surface area contributed by atoms with Gasteiger partial charge in [-0.1, -0.05) is 19.9 Å². The highest BCUT2D eigenvalue weighted by atomic mass is 32.2. The van der Waals surface area contributed by atoms with E-state index in [1.165, 1.54) is 16.4 Å². The molecule has 1 aromatic heterocycles. The van der Waals surface area contributed by atoms with E-state index in [2.05, 4.69) is 10.6 Å². The van der Waals surface area contributed by atoms with Crippen molar-refractivity contribution in [1.82, 2.24) is 19.8 Å². The summed E-state index contributed by atoms with van der Waals surface area (Å²) in [5.41, 5.74) is 1.43. The zero-order valence-corrected chi connectivity index (χ0v) is 27.3. The third kappa shape index (κ3) is 8.73. The number of hydrogen-bond acceptors (Lipinski definition) is 7. The van der Waals surface area contributed by atoms with E-state index in [1.54, 1.807) is 35.4 Å². The molecule has 2 heterocycles. The lowest BCUT2D eigenvalue weighted by Crippen LogP contribution is -2.62. The molecule has 3 N–H and O–H groups in total. The molecule has 1 unspecified atom stereocenters. The molecule has 244 valence electrons. The number of rotatable bonds is 13. The Morgan fingerprint density at radius 3 is 2.38 bits per heavy atom. The van der Waals surface area contributed by atoms with Crippen LogP contribution in [0.15, 0.2) is 58.1 Å². The van der Waals surface area contributed by atoms with E-state index >= 15 is 0 Å². The molecule has 0 spiro atoms. The molecule has 0 aliphatic carbocycles. The summed E-state index contributed by atoms with van der Waals surface area (Å²) in [6, 6.07) is 9.10. The van der Waals surface area contributed by atoms with Crippen molar-refractivity contribution in [2.45, 2.75) is 62.4 Å². The third-order valence-electron chi connectivity index (χ3n) is 7.64. The van der Waals surface area contributed by atoms with Gasteiger partial charge in [0.05, 0.1) is 12.1 Å². The molecule has 0 saturated carbocycles. The normalized spacial score (nSPS) is 17.1. The maximum Gasteiger partial charge on any atom is 0.253 e. The first kappa shape index (κ1) is 34.6. The summed E-state index contributed by atoms with van der Waals surface area (Å²) in [7, 11) is -3.80. The number of piperazine rings is 1. The first-order valence-corrected chi connectivity index (χ1v) is 17.4. The van der Waals surface area contributed by atoms with Crippen LogP contribution in [0.4, 0.5) is 8.78 Å². The van der Waals surface area contributed by atoms with Crippen molar-refractivity contribution >= 4 is 33.2 Å². The Bertz CT molecular complexity index is 1560. The Kier molecular flexibility index (Phi) is 11.8. The summed E-state index contributed by atoms with van der Waals surface area (Å²) in [6.07, 6.45) is 0.0753. The highest BCUT2D eigenvalue weighted by molar-refractivity contribution is 7.91. The van der Waals surface area contributed by atoms with Gasteiger partial charge in [0.2, 0.25) is 0 Å². The van der Waals surface area contributed by atoms with E-state index in [4.69, 9.17) is 0 Å². The number of amides is 2. The predicted octanol–water partition coefficient (Wildman–Crippen LogP) is 3.96. The second-order valence-corrected chi connectivity index (χ2v) is 14.4. The minimum absolute atomic E-state index is 0.0843. The zero-order valence-electron chi connectivity index (χ0n) is 25.6. The van der Waals surface area contributed by atoms with Gasteiger partial charge in [0.1, 0.15) is 15.8 Å². The fraction of sp³-hybridized carbons (Fsp3) is 0.438. The summed E-state index contributed by atoms with van der Waals surface area (Å²) >= 11 is 1.09. The molecule has 45 heavy (non-hydrogen) atoms.